The zero-order valence-corrected chi connectivity index (χ0v) is 20.0. The molecule has 0 amide bonds. The number of aliphatic hydroxyl groups is 3. The smallest absolute Gasteiger partial charge is 0.159 e. The van der Waals surface area contributed by atoms with E-state index in [0.29, 0.717) is 25.2 Å². The standard InChI is InChI=1S/C27H38N2O4/c1-16(29-15-17-5-4-10-28-14-17)18-7-9-27(33)20-11-22(30)21-12-23(31)24(32)13-25(21,2)19(20)6-8-26(18,27)3/h4-5,10-11,14,16,18-19,21,23-24,29,31-33H,6-9,12-13,15H2,1-3H3/t16?,18?,19?,21-,23+,24-,25+,26+,27+/m0/s1. The van der Waals surface area contributed by atoms with E-state index in [1.54, 1.807) is 12.3 Å². The Morgan fingerprint density at radius 1 is 1.18 bits per heavy atom. The molecule has 0 saturated heterocycles. The molecular formula is C27H38N2O4. The molecule has 4 aliphatic carbocycles. The molecule has 0 aromatic carbocycles. The van der Waals surface area contributed by atoms with Crippen LogP contribution in [0.4, 0.5) is 0 Å². The van der Waals surface area contributed by atoms with Crippen molar-refractivity contribution in [2.75, 3.05) is 0 Å². The molecule has 1 aromatic heterocycles. The van der Waals surface area contributed by atoms with E-state index in [1.807, 2.05) is 12.3 Å². The van der Waals surface area contributed by atoms with E-state index in [9.17, 15) is 20.1 Å². The molecule has 33 heavy (non-hydrogen) atoms. The number of nitrogens with zero attached hydrogens (tertiary/aromatic N) is 1. The minimum absolute atomic E-state index is 0.0126. The first-order chi connectivity index (χ1) is 15.6. The van der Waals surface area contributed by atoms with Crippen molar-refractivity contribution in [1.29, 1.82) is 0 Å². The summed E-state index contributed by atoms with van der Waals surface area (Å²) < 4.78 is 0. The fourth-order valence-electron chi connectivity index (χ4n) is 8.14. The quantitative estimate of drug-likeness (QED) is 0.558. The van der Waals surface area contributed by atoms with E-state index >= 15 is 0 Å². The first-order valence-corrected chi connectivity index (χ1v) is 12.6. The fourth-order valence-corrected chi connectivity index (χ4v) is 8.14. The molecule has 5 rings (SSSR count). The molecule has 3 saturated carbocycles. The molecule has 0 aliphatic heterocycles. The number of fused-ring (bicyclic) bond motifs is 5. The molecule has 4 N–H and O–H groups in total. The fraction of sp³-hybridized carbons (Fsp3) is 0.704. The number of aliphatic hydroxyl groups excluding tert-OH is 2. The van der Waals surface area contributed by atoms with Gasteiger partial charge in [0.2, 0.25) is 0 Å². The summed E-state index contributed by atoms with van der Waals surface area (Å²) in [5, 5.41) is 36.6. The number of hydrogen-bond donors (Lipinski definition) is 4. The van der Waals surface area contributed by atoms with Crippen LogP contribution in [0.5, 0.6) is 0 Å². The first kappa shape index (κ1) is 23.2. The number of allylic oxidation sites excluding steroid dienone is 1. The van der Waals surface area contributed by atoms with Gasteiger partial charge in [-0.1, -0.05) is 19.9 Å². The maximum atomic E-state index is 13.3. The second-order valence-electron chi connectivity index (χ2n) is 11.7. The third kappa shape index (κ3) is 3.36. The maximum Gasteiger partial charge on any atom is 0.159 e. The molecule has 0 spiro atoms. The molecule has 4 aliphatic rings. The molecule has 9 atom stereocenters. The Bertz CT molecular complexity index is 951. The molecule has 180 valence electrons. The van der Waals surface area contributed by atoms with Gasteiger partial charge in [0.25, 0.3) is 0 Å². The lowest BCUT2D eigenvalue weighted by Gasteiger charge is -2.60. The first-order valence-electron chi connectivity index (χ1n) is 12.6. The number of hydrogen-bond acceptors (Lipinski definition) is 6. The second kappa shape index (κ2) is 7.98. The van der Waals surface area contributed by atoms with Crippen LogP contribution >= 0.6 is 0 Å². The lowest BCUT2D eigenvalue weighted by molar-refractivity contribution is -0.152. The summed E-state index contributed by atoms with van der Waals surface area (Å²) in [6.45, 7) is 7.26. The Morgan fingerprint density at radius 3 is 2.70 bits per heavy atom. The highest BCUT2D eigenvalue weighted by Gasteiger charge is 2.66. The highest BCUT2D eigenvalue weighted by Crippen LogP contribution is 2.67. The van der Waals surface area contributed by atoms with Crippen LogP contribution in [0.25, 0.3) is 0 Å². The van der Waals surface area contributed by atoms with Crippen LogP contribution in [0.2, 0.25) is 0 Å². The van der Waals surface area contributed by atoms with Crippen molar-refractivity contribution in [3.63, 3.8) is 0 Å². The summed E-state index contributed by atoms with van der Waals surface area (Å²) in [4.78, 5) is 17.5. The van der Waals surface area contributed by atoms with Crippen molar-refractivity contribution >= 4 is 5.78 Å². The largest absolute Gasteiger partial charge is 0.390 e. The zero-order chi connectivity index (χ0) is 23.6. The molecule has 0 bridgehead atoms. The van der Waals surface area contributed by atoms with Gasteiger partial charge in [-0.25, -0.2) is 0 Å². The predicted molar refractivity (Wildman–Crippen MR) is 125 cm³/mol. The Hall–Kier alpha value is -1.60. The second-order valence-corrected chi connectivity index (χ2v) is 11.7. The molecule has 3 fully saturated rings. The van der Waals surface area contributed by atoms with E-state index in [1.165, 1.54) is 0 Å². The lowest BCUT2D eigenvalue weighted by atomic mass is 9.46. The third-order valence-electron chi connectivity index (χ3n) is 10.1. The average molecular weight is 455 g/mol. The molecular weight excluding hydrogens is 416 g/mol. The summed E-state index contributed by atoms with van der Waals surface area (Å²) in [5.41, 5.74) is 0.302. The van der Waals surface area contributed by atoms with Crippen LogP contribution in [0.3, 0.4) is 0 Å². The predicted octanol–water partition coefficient (Wildman–Crippen LogP) is 2.76. The average Bonchev–Trinajstić information content (AvgIpc) is 3.06. The van der Waals surface area contributed by atoms with Gasteiger partial charge in [-0.3, -0.25) is 9.78 Å². The van der Waals surface area contributed by atoms with Crippen molar-refractivity contribution in [3.8, 4) is 0 Å². The van der Waals surface area contributed by atoms with Gasteiger partial charge in [0.05, 0.1) is 17.8 Å². The van der Waals surface area contributed by atoms with Gasteiger partial charge < -0.3 is 20.6 Å². The summed E-state index contributed by atoms with van der Waals surface area (Å²) in [6, 6.07) is 4.23. The Morgan fingerprint density at radius 2 is 1.97 bits per heavy atom. The maximum absolute atomic E-state index is 13.3. The molecule has 6 heteroatoms. The lowest BCUT2D eigenvalue weighted by Crippen LogP contribution is -2.61. The van der Waals surface area contributed by atoms with Gasteiger partial charge in [0.1, 0.15) is 0 Å². The number of nitrogens with one attached hydrogen (secondary N) is 1. The van der Waals surface area contributed by atoms with Crippen molar-refractivity contribution in [1.82, 2.24) is 10.3 Å². The van der Waals surface area contributed by atoms with Gasteiger partial charge in [-0.05, 0) is 86.0 Å². The monoisotopic (exact) mass is 454 g/mol. The SMILES string of the molecule is CC(NCc1cccnc1)C1CC[C@@]2(O)C3=CC(=O)[C@@H]4C[C@@H](O)[C@@H](O)C[C@]4(C)C3CC[C@]12C. The Kier molecular flexibility index (Phi) is 5.60. The van der Waals surface area contributed by atoms with Crippen LogP contribution in [-0.4, -0.2) is 49.9 Å². The van der Waals surface area contributed by atoms with Crippen LogP contribution in [0.15, 0.2) is 36.2 Å². The molecule has 0 radical (unpaired) electrons. The van der Waals surface area contributed by atoms with Gasteiger partial charge in [0, 0.05) is 36.3 Å². The summed E-state index contributed by atoms with van der Waals surface area (Å²) in [6.07, 6.45) is 7.82. The normalized spacial score (nSPS) is 45.6. The Balaban J connectivity index is 1.42. The van der Waals surface area contributed by atoms with Crippen molar-refractivity contribution < 1.29 is 20.1 Å². The van der Waals surface area contributed by atoms with Crippen LogP contribution < -0.4 is 5.32 Å². The van der Waals surface area contributed by atoms with Gasteiger partial charge >= 0.3 is 0 Å². The summed E-state index contributed by atoms with van der Waals surface area (Å²) in [5.74, 6) is 0.0895. The number of pyridine rings is 1. The zero-order valence-electron chi connectivity index (χ0n) is 20.0. The van der Waals surface area contributed by atoms with Crippen LogP contribution in [-0.2, 0) is 11.3 Å². The highest BCUT2D eigenvalue weighted by molar-refractivity contribution is 5.95. The molecule has 6 nitrogen and oxygen atoms in total. The summed E-state index contributed by atoms with van der Waals surface area (Å²) >= 11 is 0. The van der Waals surface area contributed by atoms with Crippen molar-refractivity contribution in [2.45, 2.75) is 89.7 Å². The minimum Gasteiger partial charge on any atom is -0.390 e. The molecule has 1 heterocycles. The Labute approximate surface area is 196 Å². The number of carbonyl (C=O) groups is 1. The van der Waals surface area contributed by atoms with E-state index in [4.69, 9.17) is 0 Å². The number of rotatable bonds is 4. The number of ketones is 1. The minimum atomic E-state index is -1.00. The topological polar surface area (TPSA) is 103 Å². The van der Waals surface area contributed by atoms with E-state index < -0.39 is 23.2 Å². The highest BCUT2D eigenvalue weighted by atomic mass is 16.3. The van der Waals surface area contributed by atoms with Crippen LogP contribution in [0, 0.1) is 28.6 Å². The van der Waals surface area contributed by atoms with Crippen molar-refractivity contribution in [2.24, 2.45) is 28.6 Å². The van der Waals surface area contributed by atoms with Gasteiger partial charge in [-0.2, -0.15) is 0 Å². The number of aromatic nitrogens is 1. The third-order valence-corrected chi connectivity index (χ3v) is 10.1. The molecule has 1 aromatic rings. The van der Waals surface area contributed by atoms with Crippen LogP contribution in [0.1, 0.15) is 64.9 Å². The van der Waals surface area contributed by atoms with E-state index in [-0.39, 0.29) is 29.1 Å². The number of carbonyl (C=O) groups excluding carboxylic acids is 1. The van der Waals surface area contributed by atoms with Gasteiger partial charge in [-0.15, -0.1) is 0 Å². The van der Waals surface area contributed by atoms with E-state index in [2.05, 4.69) is 37.1 Å². The summed E-state index contributed by atoms with van der Waals surface area (Å²) in [7, 11) is 0. The van der Waals surface area contributed by atoms with Gasteiger partial charge in [0.15, 0.2) is 5.78 Å². The van der Waals surface area contributed by atoms with E-state index in [0.717, 1.165) is 36.9 Å². The molecule has 3 unspecified atom stereocenters. The van der Waals surface area contributed by atoms with Crippen molar-refractivity contribution in [3.05, 3.63) is 41.7 Å².